The number of aliphatic hydroxyl groups is 1. The first-order chi connectivity index (χ1) is 8.08. The molecule has 1 heterocycles. The molecule has 0 bridgehead atoms. The lowest BCUT2D eigenvalue weighted by Crippen LogP contribution is -2.62. The maximum absolute atomic E-state index is 13.7. The van der Waals surface area contributed by atoms with Crippen molar-refractivity contribution in [2.45, 2.75) is 25.4 Å². The molecule has 0 atom stereocenters. The highest BCUT2D eigenvalue weighted by Crippen LogP contribution is 2.32. The second-order valence-electron chi connectivity index (χ2n) is 4.61. The Labute approximate surface area is 100 Å². The van der Waals surface area contributed by atoms with Gasteiger partial charge in [-0.05, 0) is 24.6 Å². The average molecular weight is 234 g/mol. The molecule has 1 aliphatic heterocycles. The molecule has 0 amide bonds. The first kappa shape index (κ1) is 11.9. The van der Waals surface area contributed by atoms with E-state index in [2.05, 4.69) is 0 Å². The molecule has 2 rings (SSSR count). The van der Waals surface area contributed by atoms with Crippen molar-refractivity contribution in [1.82, 2.24) is 0 Å². The lowest BCUT2D eigenvalue weighted by Gasteiger charge is -2.48. The SMILES string of the molecule is CCCC1(O)CN(c2ccc(C#N)cc2F)C1. The number of benzene rings is 1. The van der Waals surface area contributed by atoms with Gasteiger partial charge in [0.05, 0.1) is 22.9 Å². The number of anilines is 1. The summed E-state index contributed by atoms with van der Waals surface area (Å²) in [7, 11) is 0. The number of rotatable bonds is 3. The van der Waals surface area contributed by atoms with Gasteiger partial charge in [0.15, 0.2) is 0 Å². The molecule has 0 radical (unpaired) electrons. The standard InChI is InChI=1S/C13H15FN2O/c1-2-5-13(17)8-16(9-13)12-4-3-10(7-15)6-11(12)14/h3-4,6,17H,2,5,8-9H2,1H3. The molecule has 1 aromatic rings. The zero-order chi connectivity index (χ0) is 12.5. The van der Waals surface area contributed by atoms with Crippen LogP contribution < -0.4 is 4.90 Å². The molecule has 1 saturated heterocycles. The van der Waals surface area contributed by atoms with Crippen LogP contribution in [0, 0.1) is 17.1 Å². The van der Waals surface area contributed by atoms with Crippen molar-refractivity contribution in [3.8, 4) is 6.07 Å². The quantitative estimate of drug-likeness (QED) is 0.870. The van der Waals surface area contributed by atoms with Crippen LogP contribution in [0.5, 0.6) is 0 Å². The number of nitrogens with zero attached hydrogens (tertiary/aromatic N) is 2. The van der Waals surface area contributed by atoms with Crippen LogP contribution in [0.25, 0.3) is 0 Å². The second kappa shape index (κ2) is 4.34. The van der Waals surface area contributed by atoms with Crippen molar-refractivity contribution in [2.75, 3.05) is 18.0 Å². The normalized spacial score (nSPS) is 17.4. The van der Waals surface area contributed by atoms with Gasteiger partial charge in [-0.1, -0.05) is 13.3 Å². The first-order valence-electron chi connectivity index (χ1n) is 5.75. The van der Waals surface area contributed by atoms with Crippen molar-refractivity contribution >= 4 is 5.69 Å². The van der Waals surface area contributed by atoms with E-state index in [1.165, 1.54) is 6.07 Å². The fourth-order valence-electron chi connectivity index (χ4n) is 2.29. The third-order valence-electron chi connectivity index (χ3n) is 3.10. The second-order valence-corrected chi connectivity index (χ2v) is 4.61. The Balaban J connectivity index is 2.09. The Bertz CT molecular complexity index is 461. The predicted molar refractivity (Wildman–Crippen MR) is 63.2 cm³/mol. The summed E-state index contributed by atoms with van der Waals surface area (Å²) in [6.07, 6.45) is 1.65. The van der Waals surface area contributed by atoms with Gasteiger partial charge in [0.2, 0.25) is 0 Å². The van der Waals surface area contributed by atoms with Gasteiger partial charge >= 0.3 is 0 Å². The maximum atomic E-state index is 13.7. The van der Waals surface area contributed by atoms with E-state index in [1.54, 1.807) is 17.0 Å². The number of hydrogen-bond acceptors (Lipinski definition) is 3. The van der Waals surface area contributed by atoms with Crippen molar-refractivity contribution in [2.24, 2.45) is 0 Å². The lowest BCUT2D eigenvalue weighted by molar-refractivity contribution is 0.00307. The molecule has 4 heteroatoms. The molecule has 1 N–H and O–H groups in total. The van der Waals surface area contributed by atoms with Crippen molar-refractivity contribution in [3.05, 3.63) is 29.6 Å². The van der Waals surface area contributed by atoms with Gasteiger partial charge in [-0.2, -0.15) is 5.26 Å². The van der Waals surface area contributed by atoms with Crippen LogP contribution in [0.15, 0.2) is 18.2 Å². The zero-order valence-electron chi connectivity index (χ0n) is 9.78. The molecule has 1 aliphatic rings. The molecule has 0 unspecified atom stereocenters. The molecule has 0 aromatic heterocycles. The van der Waals surface area contributed by atoms with E-state index in [0.29, 0.717) is 24.3 Å². The highest BCUT2D eigenvalue weighted by atomic mass is 19.1. The van der Waals surface area contributed by atoms with Gasteiger partial charge in [-0.3, -0.25) is 0 Å². The van der Waals surface area contributed by atoms with Crippen LogP contribution in [-0.4, -0.2) is 23.8 Å². The summed E-state index contributed by atoms with van der Waals surface area (Å²) in [6.45, 7) is 2.94. The zero-order valence-corrected chi connectivity index (χ0v) is 9.78. The third kappa shape index (κ3) is 2.25. The highest BCUT2D eigenvalue weighted by molar-refractivity contribution is 5.54. The summed E-state index contributed by atoms with van der Waals surface area (Å²) in [4.78, 5) is 1.80. The molecule has 17 heavy (non-hydrogen) atoms. The first-order valence-corrected chi connectivity index (χ1v) is 5.75. The van der Waals surface area contributed by atoms with Crippen LogP contribution >= 0.6 is 0 Å². The summed E-state index contributed by atoms with van der Waals surface area (Å²) in [5, 5.41) is 18.7. The Hall–Kier alpha value is -1.60. The van der Waals surface area contributed by atoms with E-state index in [0.717, 1.165) is 12.8 Å². The molecule has 90 valence electrons. The Morgan fingerprint density at radius 2 is 2.24 bits per heavy atom. The van der Waals surface area contributed by atoms with Gasteiger partial charge in [-0.25, -0.2) is 4.39 Å². The Morgan fingerprint density at radius 1 is 1.53 bits per heavy atom. The topological polar surface area (TPSA) is 47.3 Å². The Morgan fingerprint density at radius 3 is 2.76 bits per heavy atom. The van der Waals surface area contributed by atoms with E-state index in [1.807, 2.05) is 13.0 Å². The molecule has 1 aromatic carbocycles. The van der Waals surface area contributed by atoms with E-state index < -0.39 is 11.4 Å². The van der Waals surface area contributed by atoms with E-state index in [9.17, 15) is 9.50 Å². The van der Waals surface area contributed by atoms with Gasteiger partial charge in [-0.15, -0.1) is 0 Å². The summed E-state index contributed by atoms with van der Waals surface area (Å²) in [5.74, 6) is -0.400. The molecule has 0 spiro atoms. The van der Waals surface area contributed by atoms with Gasteiger partial charge < -0.3 is 10.0 Å². The fourth-order valence-corrected chi connectivity index (χ4v) is 2.29. The summed E-state index contributed by atoms with van der Waals surface area (Å²) >= 11 is 0. The van der Waals surface area contributed by atoms with Crippen LogP contribution in [0.1, 0.15) is 25.3 Å². The minimum atomic E-state index is -0.672. The van der Waals surface area contributed by atoms with Crippen molar-refractivity contribution in [3.63, 3.8) is 0 Å². The molecular formula is C13H15FN2O. The summed E-state index contributed by atoms with van der Waals surface area (Å²) < 4.78 is 13.7. The lowest BCUT2D eigenvalue weighted by atomic mass is 9.88. The fraction of sp³-hybridized carbons (Fsp3) is 0.462. The summed E-state index contributed by atoms with van der Waals surface area (Å²) in [6, 6.07) is 6.32. The van der Waals surface area contributed by atoms with Gasteiger partial charge in [0, 0.05) is 13.1 Å². The molecule has 3 nitrogen and oxygen atoms in total. The predicted octanol–water partition coefficient (Wildman–Crippen LogP) is 2.05. The molecular weight excluding hydrogens is 219 g/mol. The van der Waals surface area contributed by atoms with E-state index >= 15 is 0 Å². The van der Waals surface area contributed by atoms with Crippen molar-refractivity contribution in [1.29, 1.82) is 5.26 Å². The van der Waals surface area contributed by atoms with E-state index in [4.69, 9.17) is 5.26 Å². The number of β-amino-alcohol motifs (C(OH)–C–C–N with tert-alkyl or cyclic N) is 1. The molecule has 1 fully saturated rings. The van der Waals surface area contributed by atoms with Crippen LogP contribution in [0.4, 0.5) is 10.1 Å². The van der Waals surface area contributed by atoms with Crippen LogP contribution in [0.2, 0.25) is 0 Å². The van der Waals surface area contributed by atoms with E-state index in [-0.39, 0.29) is 0 Å². The monoisotopic (exact) mass is 234 g/mol. The van der Waals surface area contributed by atoms with Gasteiger partial charge in [0.25, 0.3) is 0 Å². The number of hydrogen-bond donors (Lipinski definition) is 1. The highest BCUT2D eigenvalue weighted by Gasteiger charge is 2.41. The largest absolute Gasteiger partial charge is 0.386 e. The average Bonchev–Trinajstić information content (AvgIpc) is 2.26. The van der Waals surface area contributed by atoms with Crippen molar-refractivity contribution < 1.29 is 9.50 Å². The van der Waals surface area contributed by atoms with Gasteiger partial charge in [0.1, 0.15) is 5.82 Å². The minimum Gasteiger partial charge on any atom is -0.386 e. The van der Waals surface area contributed by atoms with Crippen LogP contribution in [0.3, 0.4) is 0 Å². The smallest absolute Gasteiger partial charge is 0.147 e. The minimum absolute atomic E-state index is 0.315. The maximum Gasteiger partial charge on any atom is 0.147 e. The summed E-state index contributed by atoms with van der Waals surface area (Å²) in [5.41, 5.74) is 0.107. The molecule has 0 aliphatic carbocycles. The molecule has 0 saturated carbocycles. The third-order valence-corrected chi connectivity index (χ3v) is 3.10. The van der Waals surface area contributed by atoms with Crippen LogP contribution in [-0.2, 0) is 0 Å². The number of nitriles is 1. The Kier molecular flexibility index (Phi) is 3.03. The number of halogens is 1.